The lowest BCUT2D eigenvalue weighted by Crippen LogP contribution is -2.42. The summed E-state index contributed by atoms with van der Waals surface area (Å²) in [4.78, 5) is 24.1. The van der Waals surface area contributed by atoms with Crippen molar-refractivity contribution < 1.29 is 9.59 Å². The van der Waals surface area contributed by atoms with Crippen molar-refractivity contribution in [2.24, 2.45) is 0 Å². The lowest BCUT2D eigenvalue weighted by molar-refractivity contribution is -0.119. The number of urea groups is 1. The quantitative estimate of drug-likeness (QED) is 0.588. The first-order valence-electron chi connectivity index (χ1n) is 9.74. The van der Waals surface area contributed by atoms with E-state index in [1.807, 2.05) is 41.0 Å². The van der Waals surface area contributed by atoms with Crippen LogP contribution in [0.3, 0.4) is 0 Å². The molecule has 1 heterocycles. The number of imide groups is 1. The van der Waals surface area contributed by atoms with Crippen LogP contribution in [-0.2, 0) is 4.79 Å². The van der Waals surface area contributed by atoms with Crippen molar-refractivity contribution in [2.75, 3.05) is 6.54 Å². The molecular formula is C22H25N5O2S. The highest BCUT2D eigenvalue weighted by atomic mass is 32.2. The second kappa shape index (κ2) is 9.58. The molecule has 3 amide bonds. The van der Waals surface area contributed by atoms with Crippen LogP contribution in [-0.4, -0.2) is 38.5 Å². The van der Waals surface area contributed by atoms with E-state index in [1.54, 1.807) is 13.8 Å². The van der Waals surface area contributed by atoms with Crippen LogP contribution < -0.4 is 10.6 Å². The van der Waals surface area contributed by atoms with Gasteiger partial charge in [0.05, 0.1) is 10.9 Å². The van der Waals surface area contributed by atoms with E-state index >= 15 is 0 Å². The Balaban J connectivity index is 1.96. The van der Waals surface area contributed by atoms with Gasteiger partial charge < -0.3 is 5.32 Å². The predicted octanol–water partition coefficient (Wildman–Crippen LogP) is 3.88. The number of thioether (sulfide) groups is 1. The molecule has 0 spiro atoms. The molecule has 1 unspecified atom stereocenters. The van der Waals surface area contributed by atoms with E-state index in [1.165, 1.54) is 17.3 Å². The first kappa shape index (κ1) is 21.6. The molecule has 0 bridgehead atoms. The van der Waals surface area contributed by atoms with Crippen LogP contribution in [0, 0.1) is 13.8 Å². The first-order valence-corrected chi connectivity index (χ1v) is 10.6. The molecule has 0 aliphatic rings. The molecule has 2 aromatic carbocycles. The highest BCUT2D eigenvalue weighted by Gasteiger charge is 2.23. The number of benzene rings is 2. The molecule has 8 heteroatoms. The SMILES string of the molecule is CCNC(=O)NC(=O)C(C)Sc1nnc(-c2ccccc2)n1-c1ccc(C)c(C)c1. The fourth-order valence-corrected chi connectivity index (χ4v) is 3.72. The van der Waals surface area contributed by atoms with E-state index in [2.05, 4.69) is 46.8 Å². The Morgan fingerprint density at radius 1 is 1.07 bits per heavy atom. The van der Waals surface area contributed by atoms with E-state index < -0.39 is 11.3 Å². The first-order chi connectivity index (χ1) is 14.4. The molecule has 156 valence electrons. The van der Waals surface area contributed by atoms with Crippen LogP contribution in [0.1, 0.15) is 25.0 Å². The van der Waals surface area contributed by atoms with Crippen molar-refractivity contribution >= 4 is 23.7 Å². The molecule has 2 N–H and O–H groups in total. The molecular weight excluding hydrogens is 398 g/mol. The molecule has 0 saturated heterocycles. The summed E-state index contributed by atoms with van der Waals surface area (Å²) in [5.74, 6) is 0.305. The largest absolute Gasteiger partial charge is 0.338 e. The Kier molecular flexibility index (Phi) is 6.89. The predicted molar refractivity (Wildman–Crippen MR) is 119 cm³/mol. The number of carbonyl (C=O) groups is 2. The Morgan fingerprint density at radius 3 is 2.47 bits per heavy atom. The molecule has 1 atom stereocenters. The minimum Gasteiger partial charge on any atom is -0.338 e. The summed E-state index contributed by atoms with van der Waals surface area (Å²) < 4.78 is 1.95. The maximum Gasteiger partial charge on any atom is 0.321 e. The fourth-order valence-electron chi connectivity index (χ4n) is 2.85. The summed E-state index contributed by atoms with van der Waals surface area (Å²) >= 11 is 1.26. The minimum absolute atomic E-state index is 0.387. The van der Waals surface area contributed by atoms with E-state index in [0.717, 1.165) is 16.8 Å². The molecule has 0 aliphatic carbocycles. The third-order valence-electron chi connectivity index (χ3n) is 4.64. The van der Waals surface area contributed by atoms with Gasteiger partial charge >= 0.3 is 6.03 Å². The van der Waals surface area contributed by atoms with Crippen LogP contribution in [0.2, 0.25) is 0 Å². The van der Waals surface area contributed by atoms with Crippen molar-refractivity contribution in [1.82, 2.24) is 25.4 Å². The van der Waals surface area contributed by atoms with Crippen molar-refractivity contribution in [1.29, 1.82) is 0 Å². The van der Waals surface area contributed by atoms with E-state index in [-0.39, 0.29) is 5.91 Å². The maximum atomic E-state index is 12.4. The number of aryl methyl sites for hydroxylation is 2. The van der Waals surface area contributed by atoms with Gasteiger partial charge in [-0.3, -0.25) is 14.7 Å². The number of nitrogens with zero attached hydrogens (tertiary/aromatic N) is 3. The molecule has 0 saturated carbocycles. The van der Waals surface area contributed by atoms with Gasteiger partial charge in [0.15, 0.2) is 11.0 Å². The Labute approximate surface area is 180 Å². The Morgan fingerprint density at radius 2 is 1.80 bits per heavy atom. The summed E-state index contributed by atoms with van der Waals surface area (Å²) in [6.45, 7) is 8.09. The average Bonchev–Trinajstić information content (AvgIpc) is 3.14. The molecule has 30 heavy (non-hydrogen) atoms. The number of aromatic nitrogens is 3. The second-order valence-corrected chi connectivity index (χ2v) is 8.19. The Bertz CT molecular complexity index is 1050. The van der Waals surface area contributed by atoms with Crippen LogP contribution in [0.5, 0.6) is 0 Å². The van der Waals surface area contributed by atoms with Gasteiger partial charge in [-0.2, -0.15) is 0 Å². The summed E-state index contributed by atoms with van der Waals surface area (Å²) in [6.07, 6.45) is 0. The highest BCUT2D eigenvalue weighted by molar-refractivity contribution is 8.00. The summed E-state index contributed by atoms with van der Waals surface area (Å²) in [6, 6.07) is 15.4. The topological polar surface area (TPSA) is 88.9 Å². The van der Waals surface area contributed by atoms with Crippen LogP contribution in [0.4, 0.5) is 4.79 Å². The minimum atomic E-state index is -0.536. The molecule has 0 fully saturated rings. The van der Waals surface area contributed by atoms with Crippen molar-refractivity contribution in [3.8, 4) is 17.1 Å². The van der Waals surface area contributed by atoms with E-state index in [4.69, 9.17) is 0 Å². The monoisotopic (exact) mass is 423 g/mol. The standard InChI is InChI=1S/C22H25N5O2S/c1-5-23-21(29)24-20(28)16(4)30-22-26-25-19(17-9-7-6-8-10-17)27(22)18-12-11-14(2)15(3)13-18/h6-13,16H,5H2,1-4H3,(H2,23,24,28,29). The third-order valence-corrected chi connectivity index (χ3v) is 5.68. The van der Waals surface area contributed by atoms with Crippen LogP contribution in [0.25, 0.3) is 17.1 Å². The second-order valence-electron chi connectivity index (χ2n) is 6.88. The van der Waals surface area contributed by atoms with Crippen LogP contribution >= 0.6 is 11.8 Å². The zero-order chi connectivity index (χ0) is 21.7. The maximum absolute atomic E-state index is 12.4. The molecule has 3 aromatic rings. The van der Waals surface area contributed by atoms with Gasteiger partial charge in [-0.25, -0.2) is 4.79 Å². The smallest absolute Gasteiger partial charge is 0.321 e. The fraction of sp³-hybridized carbons (Fsp3) is 0.273. The van der Waals surface area contributed by atoms with Crippen molar-refractivity contribution in [3.05, 3.63) is 59.7 Å². The van der Waals surface area contributed by atoms with E-state index in [0.29, 0.717) is 17.5 Å². The number of rotatable bonds is 6. The number of carbonyl (C=O) groups excluding carboxylic acids is 2. The zero-order valence-corrected chi connectivity index (χ0v) is 18.3. The molecule has 0 aliphatic heterocycles. The molecule has 7 nitrogen and oxygen atoms in total. The number of nitrogens with one attached hydrogen (secondary N) is 2. The average molecular weight is 424 g/mol. The van der Waals surface area contributed by atoms with Gasteiger partial charge in [0.1, 0.15) is 0 Å². The van der Waals surface area contributed by atoms with Gasteiger partial charge in [0, 0.05) is 12.1 Å². The number of hydrogen-bond donors (Lipinski definition) is 2. The highest BCUT2D eigenvalue weighted by Crippen LogP contribution is 2.30. The summed E-state index contributed by atoms with van der Waals surface area (Å²) in [5, 5.41) is 13.7. The normalized spacial score (nSPS) is 11.7. The van der Waals surface area contributed by atoms with E-state index in [9.17, 15) is 9.59 Å². The molecule has 3 rings (SSSR count). The van der Waals surface area contributed by atoms with Gasteiger partial charge in [-0.15, -0.1) is 10.2 Å². The summed E-state index contributed by atoms with van der Waals surface area (Å²) in [5.41, 5.74) is 4.19. The lowest BCUT2D eigenvalue weighted by Gasteiger charge is -2.14. The van der Waals surface area contributed by atoms with Crippen molar-refractivity contribution in [3.63, 3.8) is 0 Å². The van der Waals surface area contributed by atoms with Gasteiger partial charge in [0.2, 0.25) is 5.91 Å². The molecule has 0 radical (unpaired) electrons. The summed E-state index contributed by atoms with van der Waals surface area (Å²) in [7, 11) is 0. The van der Waals surface area contributed by atoms with Crippen molar-refractivity contribution in [2.45, 2.75) is 38.1 Å². The zero-order valence-electron chi connectivity index (χ0n) is 17.5. The number of amides is 3. The third kappa shape index (κ3) is 4.88. The molecule has 1 aromatic heterocycles. The van der Waals surface area contributed by atoms with Gasteiger partial charge in [0.25, 0.3) is 0 Å². The number of hydrogen-bond acceptors (Lipinski definition) is 5. The Hall–Kier alpha value is -3.13. The van der Waals surface area contributed by atoms with Gasteiger partial charge in [-0.1, -0.05) is 48.2 Å². The lowest BCUT2D eigenvalue weighted by atomic mass is 10.1. The van der Waals surface area contributed by atoms with Crippen LogP contribution in [0.15, 0.2) is 53.7 Å². The van der Waals surface area contributed by atoms with Gasteiger partial charge in [-0.05, 0) is 51.0 Å².